The van der Waals surface area contributed by atoms with Crippen LogP contribution in [0.3, 0.4) is 0 Å². The Balaban J connectivity index is 1.77. The van der Waals surface area contributed by atoms with Crippen molar-refractivity contribution in [3.8, 4) is 33.8 Å². The number of ether oxygens (including phenoxy) is 1. The molecule has 1 aliphatic rings. The van der Waals surface area contributed by atoms with Crippen molar-refractivity contribution >= 4 is 10.3 Å². The molecule has 3 aromatic rings. The Kier molecular flexibility index (Phi) is 4.37. The van der Waals surface area contributed by atoms with Gasteiger partial charge in [0.1, 0.15) is 5.75 Å². The van der Waals surface area contributed by atoms with Gasteiger partial charge in [-0.1, -0.05) is 60.7 Å². The molecular weight excluding hydrogens is 362 g/mol. The number of para-hydroxylation sites is 2. The van der Waals surface area contributed by atoms with E-state index in [0.29, 0.717) is 5.75 Å². The number of benzene rings is 3. The smallest absolute Gasteiger partial charge is 0.383 e. The maximum absolute atomic E-state index is 12.0. The van der Waals surface area contributed by atoms with E-state index >= 15 is 0 Å². The van der Waals surface area contributed by atoms with Crippen LogP contribution in [0, 0.1) is 0 Å². The quantitative estimate of drug-likeness (QED) is 0.734. The molecule has 0 radical (unpaired) electrons. The van der Waals surface area contributed by atoms with E-state index in [-0.39, 0.29) is 6.04 Å². The zero-order chi connectivity index (χ0) is 19.0. The van der Waals surface area contributed by atoms with Crippen LogP contribution in [0.15, 0.2) is 66.7 Å². The van der Waals surface area contributed by atoms with Crippen LogP contribution >= 0.6 is 0 Å². The maximum atomic E-state index is 12.0. The van der Waals surface area contributed by atoms with Crippen molar-refractivity contribution in [2.24, 2.45) is 0 Å². The second kappa shape index (κ2) is 6.72. The third-order valence-corrected chi connectivity index (χ3v) is 5.67. The van der Waals surface area contributed by atoms with E-state index in [4.69, 9.17) is 8.92 Å². The van der Waals surface area contributed by atoms with Crippen molar-refractivity contribution in [2.75, 3.05) is 7.11 Å². The van der Waals surface area contributed by atoms with Crippen LogP contribution in [-0.4, -0.2) is 15.5 Å². The van der Waals surface area contributed by atoms with E-state index in [1.54, 1.807) is 14.0 Å². The number of hydrogen-bond acceptors (Lipinski definition) is 4. The van der Waals surface area contributed by atoms with Gasteiger partial charge in [0.15, 0.2) is 5.75 Å². The summed E-state index contributed by atoms with van der Waals surface area (Å²) in [5.41, 5.74) is 4.46. The van der Waals surface area contributed by atoms with E-state index < -0.39 is 10.3 Å². The fraction of sp³-hybridized carbons (Fsp3) is 0.143. The molecular formula is C21H19NO4S. The Morgan fingerprint density at radius 1 is 0.889 bits per heavy atom. The van der Waals surface area contributed by atoms with Gasteiger partial charge >= 0.3 is 10.3 Å². The molecule has 0 saturated carbocycles. The zero-order valence-electron chi connectivity index (χ0n) is 15.0. The van der Waals surface area contributed by atoms with Gasteiger partial charge in [0.25, 0.3) is 0 Å². The zero-order valence-corrected chi connectivity index (χ0v) is 15.8. The molecule has 138 valence electrons. The Morgan fingerprint density at radius 3 is 2.22 bits per heavy atom. The van der Waals surface area contributed by atoms with E-state index in [1.165, 1.54) is 0 Å². The number of fused-ring (bicyclic) bond motifs is 1. The minimum atomic E-state index is -3.80. The normalized spacial score (nSPS) is 17.6. The molecule has 1 heterocycles. The standard InChI is InChI=1S/C21H19NO4S/c1-14-17-7-5-8-19(21(17)26-27(23,24)22-14)16-12-10-15(11-13-16)18-6-3-4-9-20(18)25-2/h3-14,22H,1-2H3. The molecule has 6 heteroatoms. The molecule has 4 rings (SSSR count). The number of rotatable bonds is 3. The lowest BCUT2D eigenvalue weighted by molar-refractivity contribution is 0.416. The van der Waals surface area contributed by atoms with Crippen LogP contribution in [0.5, 0.6) is 11.5 Å². The summed E-state index contributed by atoms with van der Waals surface area (Å²) in [5.74, 6) is 1.19. The molecule has 3 aromatic carbocycles. The van der Waals surface area contributed by atoms with E-state index in [9.17, 15) is 8.42 Å². The molecule has 1 N–H and O–H groups in total. The van der Waals surface area contributed by atoms with Crippen LogP contribution in [0.25, 0.3) is 22.3 Å². The molecule has 0 amide bonds. The highest BCUT2D eigenvalue weighted by Crippen LogP contribution is 2.40. The topological polar surface area (TPSA) is 64.6 Å². The fourth-order valence-corrected chi connectivity index (χ4v) is 4.36. The summed E-state index contributed by atoms with van der Waals surface area (Å²) in [7, 11) is -2.15. The minimum absolute atomic E-state index is 0.341. The van der Waals surface area contributed by atoms with Gasteiger partial charge in [-0.05, 0) is 24.1 Å². The number of methoxy groups -OCH3 is 1. The summed E-state index contributed by atoms with van der Waals surface area (Å²) in [6.07, 6.45) is 0. The summed E-state index contributed by atoms with van der Waals surface area (Å²) in [6, 6.07) is 21.0. The van der Waals surface area contributed by atoms with Crippen molar-refractivity contribution in [2.45, 2.75) is 13.0 Å². The van der Waals surface area contributed by atoms with Crippen molar-refractivity contribution < 1.29 is 17.3 Å². The van der Waals surface area contributed by atoms with Crippen molar-refractivity contribution in [1.82, 2.24) is 4.72 Å². The van der Waals surface area contributed by atoms with Gasteiger partial charge in [-0.2, -0.15) is 13.1 Å². The SMILES string of the molecule is COc1ccccc1-c1ccc(-c2cccc3c2OS(=O)(=O)NC3C)cc1. The molecule has 1 unspecified atom stereocenters. The molecule has 0 aromatic heterocycles. The van der Waals surface area contributed by atoms with Gasteiger partial charge in [0, 0.05) is 16.7 Å². The molecule has 27 heavy (non-hydrogen) atoms. The molecule has 0 spiro atoms. The summed E-state index contributed by atoms with van der Waals surface area (Å²) in [4.78, 5) is 0. The third kappa shape index (κ3) is 3.29. The van der Waals surface area contributed by atoms with Gasteiger partial charge in [0.05, 0.1) is 13.2 Å². The Morgan fingerprint density at radius 2 is 1.52 bits per heavy atom. The van der Waals surface area contributed by atoms with Gasteiger partial charge in [-0.25, -0.2) is 0 Å². The molecule has 1 aliphatic heterocycles. The Bertz CT molecular complexity index is 1090. The van der Waals surface area contributed by atoms with Gasteiger partial charge in [-0.15, -0.1) is 0 Å². The fourth-order valence-electron chi connectivity index (χ4n) is 3.34. The molecule has 0 saturated heterocycles. The predicted molar refractivity (Wildman–Crippen MR) is 105 cm³/mol. The van der Waals surface area contributed by atoms with Gasteiger partial charge < -0.3 is 8.92 Å². The van der Waals surface area contributed by atoms with Crippen LogP contribution in [0.4, 0.5) is 0 Å². The average Bonchev–Trinajstić information content (AvgIpc) is 2.67. The van der Waals surface area contributed by atoms with Crippen LogP contribution in [0.1, 0.15) is 18.5 Å². The first-order chi connectivity index (χ1) is 13.0. The minimum Gasteiger partial charge on any atom is -0.496 e. The molecule has 0 fully saturated rings. The number of nitrogens with one attached hydrogen (secondary N) is 1. The summed E-state index contributed by atoms with van der Waals surface area (Å²) in [6.45, 7) is 1.80. The first-order valence-corrected chi connectivity index (χ1v) is 9.98. The average molecular weight is 381 g/mol. The lowest BCUT2D eigenvalue weighted by atomic mass is 9.96. The number of hydrogen-bond donors (Lipinski definition) is 1. The van der Waals surface area contributed by atoms with Crippen molar-refractivity contribution in [3.63, 3.8) is 0 Å². The Hall–Kier alpha value is -2.83. The first-order valence-electron chi connectivity index (χ1n) is 8.57. The second-order valence-corrected chi connectivity index (χ2v) is 7.69. The van der Waals surface area contributed by atoms with Crippen LogP contribution in [0.2, 0.25) is 0 Å². The lowest BCUT2D eigenvalue weighted by Gasteiger charge is -2.25. The monoisotopic (exact) mass is 381 g/mol. The second-order valence-electron chi connectivity index (χ2n) is 6.38. The van der Waals surface area contributed by atoms with Gasteiger partial charge in [0.2, 0.25) is 0 Å². The summed E-state index contributed by atoms with van der Waals surface area (Å²) < 4.78 is 37.1. The highest BCUT2D eigenvalue weighted by molar-refractivity contribution is 7.85. The van der Waals surface area contributed by atoms with Crippen LogP contribution < -0.4 is 13.6 Å². The molecule has 5 nitrogen and oxygen atoms in total. The van der Waals surface area contributed by atoms with Gasteiger partial charge in [-0.3, -0.25) is 0 Å². The lowest BCUT2D eigenvalue weighted by Crippen LogP contribution is -2.35. The Labute approximate surface area is 158 Å². The van der Waals surface area contributed by atoms with Crippen molar-refractivity contribution in [1.29, 1.82) is 0 Å². The highest BCUT2D eigenvalue weighted by atomic mass is 32.2. The molecule has 1 atom stereocenters. The predicted octanol–water partition coefficient (Wildman–Crippen LogP) is 4.32. The van der Waals surface area contributed by atoms with E-state index in [2.05, 4.69) is 4.72 Å². The highest BCUT2D eigenvalue weighted by Gasteiger charge is 2.29. The van der Waals surface area contributed by atoms with Crippen LogP contribution in [-0.2, 0) is 10.3 Å². The maximum Gasteiger partial charge on any atom is 0.383 e. The summed E-state index contributed by atoms with van der Waals surface area (Å²) >= 11 is 0. The third-order valence-electron chi connectivity index (χ3n) is 4.64. The molecule has 0 aliphatic carbocycles. The molecule has 0 bridgehead atoms. The largest absolute Gasteiger partial charge is 0.496 e. The summed E-state index contributed by atoms with van der Waals surface area (Å²) in [5, 5.41) is 0. The van der Waals surface area contributed by atoms with Crippen molar-refractivity contribution in [3.05, 3.63) is 72.3 Å². The van der Waals surface area contributed by atoms with E-state index in [0.717, 1.165) is 33.6 Å². The van der Waals surface area contributed by atoms with E-state index in [1.807, 2.05) is 66.7 Å². The first kappa shape index (κ1) is 17.6.